The Labute approximate surface area is 316 Å². The summed E-state index contributed by atoms with van der Waals surface area (Å²) in [5.41, 5.74) is 0.530. The second-order valence-corrected chi connectivity index (χ2v) is 12.6. The quantitative estimate of drug-likeness (QED) is 0.0491. The third-order valence-corrected chi connectivity index (χ3v) is 8.09. The van der Waals surface area contributed by atoms with Gasteiger partial charge in [-0.05, 0) is 18.6 Å². The van der Waals surface area contributed by atoms with Gasteiger partial charge in [0.15, 0.2) is 0 Å². The van der Waals surface area contributed by atoms with Gasteiger partial charge in [0.25, 0.3) is 0 Å². The van der Waals surface area contributed by atoms with Crippen LogP contribution in [-0.4, -0.2) is 132 Å². The maximum atomic E-state index is 11.8. The van der Waals surface area contributed by atoms with Gasteiger partial charge in [-0.3, -0.25) is 0 Å². The van der Waals surface area contributed by atoms with Crippen LogP contribution >= 0.6 is 0 Å². The zero-order chi connectivity index (χ0) is 37.1. The number of carbonyl (C=O) groups excluding carboxylic acids is 1. The second-order valence-electron chi connectivity index (χ2n) is 12.6. The van der Waals surface area contributed by atoms with Crippen molar-refractivity contribution < 1.29 is 52.2 Å². The van der Waals surface area contributed by atoms with Gasteiger partial charge in [0, 0.05) is 6.61 Å². The van der Waals surface area contributed by atoms with Gasteiger partial charge < -0.3 is 47.4 Å². The molecule has 0 aliphatic heterocycles. The van der Waals surface area contributed by atoms with Crippen LogP contribution in [-0.2, 0) is 47.4 Å². The molecule has 0 bridgehead atoms. The van der Waals surface area contributed by atoms with E-state index in [1.54, 1.807) is 24.3 Å². The van der Waals surface area contributed by atoms with Crippen LogP contribution in [0.1, 0.15) is 107 Å². The van der Waals surface area contributed by atoms with E-state index in [0.717, 1.165) is 13.0 Å². The van der Waals surface area contributed by atoms with Crippen LogP contribution in [0, 0.1) is 0 Å². The highest BCUT2D eigenvalue weighted by Crippen LogP contribution is 2.13. The minimum atomic E-state index is -0.351. The lowest BCUT2D eigenvalue weighted by Gasteiger charge is -2.09. The number of benzene rings is 1. The van der Waals surface area contributed by atoms with Gasteiger partial charge in [0.05, 0.1) is 118 Å². The Morgan fingerprint density at radius 2 is 0.615 bits per heavy atom. The molecule has 0 heterocycles. The Balaban J connectivity index is 1.62. The van der Waals surface area contributed by atoms with Gasteiger partial charge >= 0.3 is 5.97 Å². The average molecular weight is 743 g/mol. The lowest BCUT2D eigenvalue weighted by Crippen LogP contribution is -2.15. The summed E-state index contributed by atoms with van der Waals surface area (Å²) >= 11 is 0. The molecular formula is C41H74O11. The van der Waals surface area contributed by atoms with E-state index < -0.39 is 0 Å². The number of rotatable bonds is 43. The minimum absolute atomic E-state index is 0.207. The summed E-state index contributed by atoms with van der Waals surface area (Å²) in [4.78, 5) is 11.8. The van der Waals surface area contributed by atoms with Gasteiger partial charge in [0.2, 0.25) is 0 Å². The van der Waals surface area contributed by atoms with Crippen LogP contribution in [0.5, 0.6) is 0 Å². The van der Waals surface area contributed by atoms with E-state index in [4.69, 9.17) is 47.4 Å². The van der Waals surface area contributed by atoms with Crippen molar-refractivity contribution in [2.75, 3.05) is 126 Å². The van der Waals surface area contributed by atoms with E-state index >= 15 is 0 Å². The van der Waals surface area contributed by atoms with Crippen molar-refractivity contribution in [1.82, 2.24) is 0 Å². The highest BCUT2D eigenvalue weighted by atomic mass is 16.6. The fourth-order valence-corrected chi connectivity index (χ4v) is 5.11. The van der Waals surface area contributed by atoms with Crippen LogP contribution in [0.4, 0.5) is 0 Å². The molecule has 11 nitrogen and oxygen atoms in total. The summed E-state index contributed by atoms with van der Waals surface area (Å²) in [5, 5.41) is 0. The molecule has 0 radical (unpaired) electrons. The molecule has 1 aromatic rings. The first-order chi connectivity index (χ1) is 25.8. The van der Waals surface area contributed by atoms with Crippen molar-refractivity contribution in [3.05, 3.63) is 35.9 Å². The molecule has 11 heteroatoms. The molecule has 0 unspecified atom stereocenters. The molecular weight excluding hydrogens is 668 g/mol. The minimum Gasteiger partial charge on any atom is -0.460 e. The fraction of sp³-hybridized carbons (Fsp3) is 0.829. The van der Waals surface area contributed by atoms with Crippen molar-refractivity contribution in [1.29, 1.82) is 0 Å². The van der Waals surface area contributed by atoms with Crippen LogP contribution < -0.4 is 0 Å². The molecule has 0 aliphatic carbocycles. The lowest BCUT2D eigenvalue weighted by atomic mass is 10.0. The lowest BCUT2D eigenvalue weighted by molar-refractivity contribution is -0.0259. The molecule has 304 valence electrons. The van der Waals surface area contributed by atoms with Crippen LogP contribution in [0.2, 0.25) is 0 Å². The molecule has 52 heavy (non-hydrogen) atoms. The normalized spacial score (nSPS) is 11.4. The largest absolute Gasteiger partial charge is 0.460 e. The fourth-order valence-electron chi connectivity index (χ4n) is 5.11. The van der Waals surface area contributed by atoms with E-state index in [2.05, 4.69) is 6.92 Å². The summed E-state index contributed by atoms with van der Waals surface area (Å²) < 4.78 is 54.8. The summed E-state index contributed by atoms with van der Waals surface area (Å²) in [6.45, 7) is 12.0. The topological polar surface area (TPSA) is 109 Å². The second kappa shape index (κ2) is 42.1. The molecule has 0 N–H and O–H groups in total. The first kappa shape index (κ1) is 48.3. The van der Waals surface area contributed by atoms with E-state index in [-0.39, 0.29) is 12.6 Å². The summed E-state index contributed by atoms with van der Waals surface area (Å²) in [7, 11) is 0. The van der Waals surface area contributed by atoms with Crippen molar-refractivity contribution >= 4 is 5.97 Å². The predicted octanol–water partition coefficient (Wildman–Crippen LogP) is 7.47. The molecule has 0 spiro atoms. The number of hydrogen-bond donors (Lipinski definition) is 0. The van der Waals surface area contributed by atoms with E-state index in [1.807, 2.05) is 6.07 Å². The SMILES string of the molecule is CCCCCCCCCCCCCCCCOCCOCCOCCOCCOCCOCCOCCOCCOCCOC(=O)c1ccccc1. The highest BCUT2D eigenvalue weighted by Gasteiger charge is 2.05. The first-order valence-electron chi connectivity index (χ1n) is 20.3. The maximum absolute atomic E-state index is 11.8. The van der Waals surface area contributed by atoms with Crippen LogP contribution in [0.3, 0.4) is 0 Å². The van der Waals surface area contributed by atoms with Crippen LogP contribution in [0.15, 0.2) is 30.3 Å². The average Bonchev–Trinajstić information content (AvgIpc) is 3.17. The summed E-state index contributed by atoms with van der Waals surface area (Å²) in [5.74, 6) is -0.351. The first-order valence-corrected chi connectivity index (χ1v) is 20.3. The van der Waals surface area contributed by atoms with Gasteiger partial charge in [-0.1, -0.05) is 109 Å². The van der Waals surface area contributed by atoms with Crippen molar-refractivity contribution in [3.8, 4) is 0 Å². The van der Waals surface area contributed by atoms with Gasteiger partial charge in [-0.15, -0.1) is 0 Å². The Morgan fingerprint density at radius 3 is 0.942 bits per heavy atom. The Hall–Kier alpha value is -1.67. The smallest absolute Gasteiger partial charge is 0.338 e. The monoisotopic (exact) mass is 743 g/mol. The number of ether oxygens (including phenoxy) is 10. The van der Waals surface area contributed by atoms with Gasteiger partial charge in [-0.2, -0.15) is 0 Å². The van der Waals surface area contributed by atoms with Crippen molar-refractivity contribution in [3.63, 3.8) is 0 Å². The zero-order valence-corrected chi connectivity index (χ0v) is 32.7. The molecule has 0 aromatic heterocycles. The molecule has 1 aromatic carbocycles. The molecule has 0 amide bonds. The Bertz CT molecular complexity index is 830. The zero-order valence-electron chi connectivity index (χ0n) is 32.7. The van der Waals surface area contributed by atoms with Crippen LogP contribution in [0.25, 0.3) is 0 Å². The van der Waals surface area contributed by atoms with Crippen molar-refractivity contribution in [2.24, 2.45) is 0 Å². The Morgan fingerprint density at radius 1 is 0.346 bits per heavy atom. The number of hydrogen-bond acceptors (Lipinski definition) is 11. The standard InChI is InChI=1S/C41H74O11/c1-2-3-4-5-6-7-8-9-10-11-12-13-14-18-21-43-22-23-44-24-25-45-26-27-46-28-29-47-30-31-48-32-33-49-34-35-50-36-37-51-38-39-52-41(42)40-19-16-15-17-20-40/h15-17,19-20H,2-14,18,21-39H2,1H3. The summed E-state index contributed by atoms with van der Waals surface area (Å²) in [6.07, 6.45) is 19.2. The Kier molecular flexibility index (Phi) is 39.1. The van der Waals surface area contributed by atoms with Crippen molar-refractivity contribution in [2.45, 2.75) is 96.8 Å². The molecule has 0 saturated carbocycles. The molecule has 0 atom stereocenters. The molecule has 1 rings (SSSR count). The molecule has 0 saturated heterocycles. The maximum Gasteiger partial charge on any atom is 0.338 e. The predicted molar refractivity (Wildman–Crippen MR) is 204 cm³/mol. The number of esters is 1. The number of carbonyl (C=O) groups is 1. The number of unbranched alkanes of at least 4 members (excludes halogenated alkanes) is 13. The van der Waals surface area contributed by atoms with E-state index in [1.165, 1.54) is 83.5 Å². The van der Waals surface area contributed by atoms with E-state index in [9.17, 15) is 4.79 Å². The van der Waals surface area contributed by atoms with Gasteiger partial charge in [0.1, 0.15) is 6.61 Å². The highest BCUT2D eigenvalue weighted by molar-refractivity contribution is 5.89. The molecule has 0 fully saturated rings. The van der Waals surface area contributed by atoms with E-state index in [0.29, 0.717) is 118 Å². The molecule has 0 aliphatic rings. The third-order valence-electron chi connectivity index (χ3n) is 8.09. The van der Waals surface area contributed by atoms with Gasteiger partial charge in [-0.25, -0.2) is 4.79 Å². The summed E-state index contributed by atoms with van der Waals surface area (Å²) in [6, 6.07) is 8.88. The third kappa shape index (κ3) is 36.7.